The van der Waals surface area contributed by atoms with E-state index in [1.165, 1.54) is 4.90 Å². The van der Waals surface area contributed by atoms with Crippen molar-refractivity contribution in [2.45, 2.75) is 37.6 Å². The van der Waals surface area contributed by atoms with Gasteiger partial charge in [-0.05, 0) is 43.5 Å². The van der Waals surface area contributed by atoms with E-state index in [2.05, 4.69) is 15.6 Å². The smallest absolute Gasteiger partial charge is 0.325 e. The van der Waals surface area contributed by atoms with Crippen LogP contribution in [0.3, 0.4) is 0 Å². The first-order valence-corrected chi connectivity index (χ1v) is 9.42. The Morgan fingerprint density at radius 2 is 2.04 bits per heavy atom. The highest BCUT2D eigenvalue weighted by atomic mass is 16.6. The zero-order valence-electron chi connectivity index (χ0n) is 15.3. The van der Waals surface area contributed by atoms with E-state index in [0.29, 0.717) is 42.4 Å². The lowest BCUT2D eigenvalue weighted by Gasteiger charge is -2.20. The molecule has 9 nitrogen and oxygen atoms in total. The monoisotopic (exact) mass is 383 g/mol. The molecule has 3 amide bonds. The second kappa shape index (κ2) is 7.06. The number of amides is 3. The number of nitro groups is 1. The summed E-state index contributed by atoms with van der Waals surface area (Å²) in [5.41, 5.74) is 0.232. The molecular formula is C19H21N5O4. The van der Waals surface area contributed by atoms with Gasteiger partial charge < -0.3 is 10.6 Å². The van der Waals surface area contributed by atoms with Crippen LogP contribution in [0.25, 0.3) is 10.9 Å². The van der Waals surface area contributed by atoms with E-state index in [9.17, 15) is 19.7 Å². The van der Waals surface area contributed by atoms with Crippen molar-refractivity contribution in [1.29, 1.82) is 0 Å². The summed E-state index contributed by atoms with van der Waals surface area (Å²) in [6.07, 6.45) is 5.38. The molecular weight excluding hydrogens is 362 g/mol. The largest absolute Gasteiger partial charge is 0.379 e. The van der Waals surface area contributed by atoms with Crippen LogP contribution < -0.4 is 10.6 Å². The van der Waals surface area contributed by atoms with Gasteiger partial charge >= 0.3 is 11.7 Å². The molecule has 4 rings (SSSR count). The summed E-state index contributed by atoms with van der Waals surface area (Å²) in [4.78, 5) is 41.3. The number of imide groups is 1. The number of carbonyl (C=O) groups is 2. The molecule has 0 bridgehead atoms. The van der Waals surface area contributed by atoms with Gasteiger partial charge in [0, 0.05) is 19.3 Å². The molecule has 0 unspecified atom stereocenters. The number of nitrogens with zero attached hydrogens (tertiary/aromatic N) is 3. The fraction of sp³-hybridized carbons (Fsp3) is 0.421. The molecule has 2 heterocycles. The fourth-order valence-electron chi connectivity index (χ4n) is 4.13. The van der Waals surface area contributed by atoms with Crippen molar-refractivity contribution in [3.05, 3.63) is 40.6 Å². The Balaban J connectivity index is 1.41. The van der Waals surface area contributed by atoms with Crippen molar-refractivity contribution < 1.29 is 14.5 Å². The summed E-state index contributed by atoms with van der Waals surface area (Å²) in [7, 11) is 0. The quantitative estimate of drug-likeness (QED) is 0.343. The fourth-order valence-corrected chi connectivity index (χ4v) is 4.13. The highest BCUT2D eigenvalue weighted by molar-refractivity contribution is 6.07. The van der Waals surface area contributed by atoms with Crippen molar-refractivity contribution in [2.75, 3.05) is 18.4 Å². The number of hydrogen-bond donors (Lipinski definition) is 2. The number of benzene rings is 1. The summed E-state index contributed by atoms with van der Waals surface area (Å²) >= 11 is 0. The molecule has 0 radical (unpaired) electrons. The highest BCUT2D eigenvalue weighted by Crippen LogP contribution is 2.35. The first kappa shape index (κ1) is 18.1. The van der Waals surface area contributed by atoms with E-state index in [0.717, 1.165) is 12.8 Å². The summed E-state index contributed by atoms with van der Waals surface area (Å²) < 4.78 is 0. The Hall–Kier alpha value is -3.23. The number of nitrogens with one attached hydrogen (secondary N) is 2. The highest BCUT2D eigenvalue weighted by Gasteiger charge is 2.51. The zero-order chi connectivity index (χ0) is 19.7. The molecule has 28 heavy (non-hydrogen) atoms. The second-order valence-electron chi connectivity index (χ2n) is 7.25. The SMILES string of the molecule is O=C1NC2(CCCC2)C(=O)N1CCCNc1ccc2ncccc2c1[N+](=O)[O-]. The van der Waals surface area contributed by atoms with Crippen molar-refractivity contribution in [1.82, 2.24) is 15.2 Å². The molecule has 1 spiro atoms. The van der Waals surface area contributed by atoms with Crippen molar-refractivity contribution in [2.24, 2.45) is 0 Å². The number of hydrogen-bond acceptors (Lipinski definition) is 6. The molecule has 1 aromatic heterocycles. The van der Waals surface area contributed by atoms with Gasteiger partial charge in [-0.25, -0.2) is 4.79 Å². The number of carbonyl (C=O) groups excluding carboxylic acids is 2. The number of rotatable bonds is 6. The van der Waals surface area contributed by atoms with E-state index in [-0.39, 0.29) is 24.2 Å². The van der Waals surface area contributed by atoms with Gasteiger partial charge in [-0.1, -0.05) is 12.8 Å². The second-order valence-corrected chi connectivity index (χ2v) is 7.25. The van der Waals surface area contributed by atoms with Gasteiger partial charge in [0.25, 0.3) is 5.91 Å². The topological polar surface area (TPSA) is 117 Å². The third kappa shape index (κ3) is 3.02. The Labute approximate surface area is 161 Å². The van der Waals surface area contributed by atoms with Crippen LogP contribution in [0.2, 0.25) is 0 Å². The van der Waals surface area contributed by atoms with Crippen LogP contribution in [-0.4, -0.2) is 45.4 Å². The third-order valence-corrected chi connectivity index (χ3v) is 5.52. The number of pyridine rings is 1. The summed E-state index contributed by atoms with van der Waals surface area (Å²) in [6, 6.07) is 6.35. The van der Waals surface area contributed by atoms with Gasteiger partial charge in [0.2, 0.25) is 0 Å². The normalized spacial score (nSPS) is 18.1. The maximum absolute atomic E-state index is 12.6. The lowest BCUT2D eigenvalue weighted by atomic mass is 9.98. The minimum absolute atomic E-state index is 0.0227. The molecule has 1 aromatic carbocycles. The predicted molar refractivity (Wildman–Crippen MR) is 103 cm³/mol. The number of aromatic nitrogens is 1. The zero-order valence-corrected chi connectivity index (χ0v) is 15.3. The number of urea groups is 1. The molecule has 1 aliphatic carbocycles. The Morgan fingerprint density at radius 3 is 2.79 bits per heavy atom. The summed E-state index contributed by atoms with van der Waals surface area (Å²) in [5, 5.41) is 17.9. The molecule has 9 heteroatoms. The lowest BCUT2D eigenvalue weighted by molar-refractivity contribution is -0.382. The average Bonchev–Trinajstić information content (AvgIpc) is 3.24. The van der Waals surface area contributed by atoms with Crippen LogP contribution in [0.4, 0.5) is 16.2 Å². The molecule has 2 aromatic rings. The van der Waals surface area contributed by atoms with E-state index in [4.69, 9.17) is 0 Å². The van der Waals surface area contributed by atoms with Crippen LogP contribution >= 0.6 is 0 Å². The molecule has 146 valence electrons. The van der Waals surface area contributed by atoms with E-state index >= 15 is 0 Å². The summed E-state index contributed by atoms with van der Waals surface area (Å²) in [6.45, 7) is 0.680. The predicted octanol–water partition coefficient (Wildman–Crippen LogP) is 2.81. The molecule has 0 atom stereocenters. The molecule has 2 aliphatic rings. The minimum Gasteiger partial charge on any atom is -0.379 e. The van der Waals surface area contributed by atoms with Crippen LogP contribution in [0.15, 0.2) is 30.5 Å². The molecule has 1 saturated carbocycles. The number of fused-ring (bicyclic) bond motifs is 1. The average molecular weight is 383 g/mol. The molecule has 2 N–H and O–H groups in total. The van der Waals surface area contributed by atoms with Gasteiger partial charge in [0.05, 0.1) is 15.8 Å². The Bertz CT molecular complexity index is 954. The van der Waals surface area contributed by atoms with Crippen LogP contribution in [0, 0.1) is 10.1 Å². The van der Waals surface area contributed by atoms with Gasteiger partial charge in [0.15, 0.2) is 0 Å². The maximum Gasteiger partial charge on any atom is 0.325 e. The van der Waals surface area contributed by atoms with Crippen LogP contribution in [0.1, 0.15) is 32.1 Å². The van der Waals surface area contributed by atoms with E-state index < -0.39 is 10.5 Å². The maximum atomic E-state index is 12.6. The van der Waals surface area contributed by atoms with Gasteiger partial charge in [0.1, 0.15) is 11.2 Å². The number of anilines is 1. The van der Waals surface area contributed by atoms with E-state index in [1.54, 1.807) is 30.5 Å². The third-order valence-electron chi connectivity index (χ3n) is 5.52. The summed E-state index contributed by atoms with van der Waals surface area (Å²) in [5.74, 6) is -0.141. The lowest BCUT2D eigenvalue weighted by Crippen LogP contribution is -2.44. The van der Waals surface area contributed by atoms with Crippen molar-refractivity contribution in [3.8, 4) is 0 Å². The standard InChI is InChI=1S/C19H21N5O4/c25-17-19(8-1-2-9-19)22-18(26)23(17)12-4-11-21-15-7-6-14-13(5-3-10-20-14)16(15)24(27)28/h3,5-7,10,21H,1-2,4,8-9,11-12H2,(H,22,26). The van der Waals surface area contributed by atoms with Crippen LogP contribution in [-0.2, 0) is 4.79 Å². The Kier molecular flexibility index (Phi) is 4.58. The van der Waals surface area contributed by atoms with Gasteiger partial charge in [-0.3, -0.25) is 24.8 Å². The first-order chi connectivity index (χ1) is 13.5. The molecule has 2 fully saturated rings. The van der Waals surface area contributed by atoms with Crippen molar-refractivity contribution in [3.63, 3.8) is 0 Å². The van der Waals surface area contributed by atoms with Crippen molar-refractivity contribution >= 4 is 34.2 Å². The first-order valence-electron chi connectivity index (χ1n) is 9.42. The Morgan fingerprint density at radius 1 is 1.25 bits per heavy atom. The van der Waals surface area contributed by atoms with Gasteiger partial charge in [-0.2, -0.15) is 0 Å². The van der Waals surface area contributed by atoms with Crippen LogP contribution in [0.5, 0.6) is 0 Å². The minimum atomic E-state index is -0.700. The molecule has 1 saturated heterocycles. The molecule has 1 aliphatic heterocycles. The van der Waals surface area contributed by atoms with E-state index in [1.807, 2.05) is 0 Å². The number of nitro benzene ring substituents is 1. The van der Waals surface area contributed by atoms with Gasteiger partial charge in [-0.15, -0.1) is 0 Å².